The second-order valence-electron chi connectivity index (χ2n) is 9.59. The van der Waals surface area contributed by atoms with Gasteiger partial charge in [-0.1, -0.05) is 29.8 Å². The Morgan fingerprint density at radius 1 is 1.07 bits per heavy atom. The number of sulfonamides is 1. The van der Waals surface area contributed by atoms with Crippen LogP contribution in [0.2, 0.25) is 4.34 Å². The molecule has 3 aromatic heterocycles. The number of pyridine rings is 2. The molecule has 0 spiro atoms. The molecule has 1 aliphatic heterocycles. The van der Waals surface area contributed by atoms with Crippen molar-refractivity contribution in [2.24, 2.45) is 0 Å². The van der Waals surface area contributed by atoms with Crippen molar-refractivity contribution in [3.8, 4) is 11.3 Å². The molecule has 0 bridgehead atoms. The number of thiophene rings is 1. The van der Waals surface area contributed by atoms with Crippen LogP contribution in [0.3, 0.4) is 0 Å². The Bertz CT molecular complexity index is 1670. The van der Waals surface area contributed by atoms with Crippen LogP contribution in [0.15, 0.2) is 77.3 Å². The fourth-order valence-corrected chi connectivity index (χ4v) is 7.87. The molecule has 1 aromatic carbocycles. The third-order valence-corrected chi connectivity index (χ3v) is 10.3. The topological polar surface area (TPSA) is 104 Å². The minimum absolute atomic E-state index is 0.0474. The van der Waals surface area contributed by atoms with Gasteiger partial charge in [-0.25, -0.2) is 13.4 Å². The van der Waals surface area contributed by atoms with Crippen LogP contribution in [0.4, 0.5) is 19.0 Å². The van der Waals surface area contributed by atoms with Crippen molar-refractivity contribution in [1.82, 2.24) is 19.6 Å². The van der Waals surface area contributed by atoms with Crippen LogP contribution >= 0.6 is 22.9 Å². The molecular weight excluding hydrogens is 611 g/mol. The van der Waals surface area contributed by atoms with Gasteiger partial charge in [-0.2, -0.15) is 17.5 Å². The minimum Gasteiger partial charge on any atom is -0.366 e. The van der Waals surface area contributed by atoms with Crippen molar-refractivity contribution >= 4 is 44.7 Å². The smallest absolute Gasteiger partial charge is 0.366 e. The van der Waals surface area contributed by atoms with Crippen molar-refractivity contribution in [3.05, 3.63) is 94.1 Å². The lowest BCUT2D eigenvalue weighted by molar-refractivity contribution is -0.137. The quantitative estimate of drug-likeness (QED) is 0.235. The molecular formula is C28H25ClF3N5O3S2. The van der Waals surface area contributed by atoms with Gasteiger partial charge in [-0.15, -0.1) is 11.3 Å². The zero-order chi connectivity index (χ0) is 29.9. The number of carbonyl (C=O) groups excluding carboxylic acids is 1. The van der Waals surface area contributed by atoms with Crippen LogP contribution < -0.4 is 10.6 Å². The maximum absolute atomic E-state index is 13.2. The van der Waals surface area contributed by atoms with Gasteiger partial charge in [0, 0.05) is 37.6 Å². The molecule has 0 radical (unpaired) electrons. The van der Waals surface area contributed by atoms with Gasteiger partial charge in [0.05, 0.1) is 15.6 Å². The zero-order valence-corrected chi connectivity index (χ0v) is 24.3. The number of rotatable bonds is 9. The number of hydrogen-bond donors (Lipinski definition) is 2. The first-order chi connectivity index (χ1) is 20.0. The predicted molar refractivity (Wildman–Crippen MR) is 154 cm³/mol. The van der Waals surface area contributed by atoms with Crippen molar-refractivity contribution in [3.63, 3.8) is 0 Å². The Kier molecular flexibility index (Phi) is 8.83. The number of amides is 1. The summed E-state index contributed by atoms with van der Waals surface area (Å²) in [6.07, 6.45) is -0.216. The number of halogens is 4. The normalized spacial score (nSPS) is 16.0. The number of anilines is 1. The van der Waals surface area contributed by atoms with Gasteiger partial charge >= 0.3 is 6.18 Å². The lowest BCUT2D eigenvalue weighted by atomic mass is 10.1. The van der Waals surface area contributed by atoms with E-state index in [1.54, 1.807) is 30.6 Å². The molecule has 5 rings (SSSR count). The van der Waals surface area contributed by atoms with Crippen LogP contribution in [0.5, 0.6) is 0 Å². The first-order valence-corrected chi connectivity index (χ1v) is 15.5. The van der Waals surface area contributed by atoms with Gasteiger partial charge in [0.1, 0.15) is 16.1 Å². The van der Waals surface area contributed by atoms with Crippen LogP contribution in [0.1, 0.15) is 29.5 Å². The largest absolute Gasteiger partial charge is 0.416 e. The molecule has 0 aliphatic carbocycles. The van der Waals surface area contributed by atoms with Gasteiger partial charge in [-0.3, -0.25) is 9.78 Å². The lowest BCUT2D eigenvalue weighted by Gasteiger charge is -2.22. The van der Waals surface area contributed by atoms with Crippen molar-refractivity contribution in [2.45, 2.75) is 42.4 Å². The van der Waals surface area contributed by atoms with Crippen LogP contribution in [0, 0.1) is 0 Å². The third-order valence-electron chi connectivity index (χ3n) is 6.67. The summed E-state index contributed by atoms with van der Waals surface area (Å²) in [6, 6.07) is 13.8. The van der Waals surface area contributed by atoms with E-state index in [9.17, 15) is 26.4 Å². The third kappa shape index (κ3) is 6.92. The van der Waals surface area contributed by atoms with Gasteiger partial charge in [0.2, 0.25) is 5.91 Å². The highest BCUT2D eigenvalue weighted by molar-refractivity contribution is 7.91. The Morgan fingerprint density at radius 3 is 2.52 bits per heavy atom. The molecule has 1 unspecified atom stereocenters. The molecule has 2 N–H and O–H groups in total. The number of hydrogen-bond acceptors (Lipinski definition) is 7. The van der Waals surface area contributed by atoms with Gasteiger partial charge in [0.25, 0.3) is 10.0 Å². The van der Waals surface area contributed by atoms with Crippen LogP contribution in [-0.2, 0) is 34.1 Å². The number of alkyl halides is 3. The maximum atomic E-state index is 13.2. The minimum atomic E-state index is -4.47. The average Bonchev–Trinajstić information content (AvgIpc) is 3.65. The molecule has 1 saturated heterocycles. The lowest BCUT2D eigenvalue weighted by Crippen LogP contribution is -2.45. The predicted octanol–water partition coefficient (Wildman–Crippen LogP) is 5.96. The van der Waals surface area contributed by atoms with Crippen molar-refractivity contribution in [2.75, 3.05) is 11.9 Å². The number of aromatic nitrogens is 2. The van der Waals surface area contributed by atoms with E-state index < -0.39 is 33.7 Å². The summed E-state index contributed by atoms with van der Waals surface area (Å²) in [7, 11) is -3.89. The fraction of sp³-hybridized carbons (Fsp3) is 0.250. The number of carbonyl (C=O) groups is 1. The number of nitrogens with zero attached hydrogens (tertiary/aromatic N) is 3. The van der Waals surface area contributed by atoms with E-state index in [1.165, 1.54) is 28.6 Å². The van der Waals surface area contributed by atoms with Crippen LogP contribution in [-0.4, -0.2) is 41.2 Å². The maximum Gasteiger partial charge on any atom is 0.416 e. The molecule has 4 aromatic rings. The Morgan fingerprint density at radius 2 is 1.86 bits per heavy atom. The highest BCUT2D eigenvalue weighted by atomic mass is 35.5. The van der Waals surface area contributed by atoms with E-state index in [0.29, 0.717) is 46.4 Å². The van der Waals surface area contributed by atoms with Gasteiger partial charge < -0.3 is 10.6 Å². The Hall–Kier alpha value is -3.52. The summed E-state index contributed by atoms with van der Waals surface area (Å²) in [5, 5.41) is 6.02. The first kappa shape index (κ1) is 30.0. The highest BCUT2D eigenvalue weighted by Gasteiger charge is 2.40. The number of benzene rings is 1. The first-order valence-electron chi connectivity index (χ1n) is 12.9. The van der Waals surface area contributed by atoms with Gasteiger partial charge in [-0.05, 0) is 66.4 Å². The Balaban J connectivity index is 1.36. The SMILES string of the molecule is O=C(NCc1cc(NCc2cccnc2)nc(-c2ccc(C(F)(F)F)cc2)c1)C1CCCN1S(=O)(=O)c1ccc(Cl)s1. The molecule has 220 valence electrons. The van der Waals surface area contributed by atoms with E-state index in [0.717, 1.165) is 29.0 Å². The molecule has 8 nitrogen and oxygen atoms in total. The van der Waals surface area contributed by atoms with E-state index in [1.807, 2.05) is 6.07 Å². The summed E-state index contributed by atoms with van der Waals surface area (Å²) in [4.78, 5) is 21.9. The number of nitrogens with one attached hydrogen (secondary N) is 2. The van der Waals surface area contributed by atoms with Crippen molar-refractivity contribution < 1.29 is 26.4 Å². The summed E-state index contributed by atoms with van der Waals surface area (Å²) in [5.41, 5.74) is 1.61. The molecule has 1 aliphatic rings. The van der Waals surface area contributed by atoms with E-state index >= 15 is 0 Å². The molecule has 14 heteroatoms. The van der Waals surface area contributed by atoms with Crippen LogP contribution in [0.25, 0.3) is 11.3 Å². The van der Waals surface area contributed by atoms with Crippen molar-refractivity contribution in [1.29, 1.82) is 0 Å². The molecule has 1 amide bonds. The molecule has 1 fully saturated rings. The standard InChI is InChI=1S/C28H25ClF3N5O3S2/c29-24-9-10-26(41-24)42(39,40)37-12-2-4-23(37)27(38)35-17-19-13-22(20-5-7-21(8-6-20)28(30,31)32)36-25(14-19)34-16-18-3-1-11-33-15-18/h1,3,5-11,13-15,23H,2,4,12,16-17H2,(H,34,36)(H,35,38). The zero-order valence-electron chi connectivity index (χ0n) is 21.9. The van der Waals surface area contributed by atoms with E-state index in [-0.39, 0.29) is 17.3 Å². The summed E-state index contributed by atoms with van der Waals surface area (Å²) in [5.74, 6) is -0.00312. The summed E-state index contributed by atoms with van der Waals surface area (Å²) < 4.78 is 67.2. The summed E-state index contributed by atoms with van der Waals surface area (Å²) >= 11 is 6.87. The molecule has 4 heterocycles. The van der Waals surface area contributed by atoms with E-state index in [2.05, 4.69) is 20.6 Å². The summed E-state index contributed by atoms with van der Waals surface area (Å²) in [6.45, 7) is 0.655. The second-order valence-corrected chi connectivity index (χ2v) is 13.4. The monoisotopic (exact) mass is 635 g/mol. The molecule has 1 atom stereocenters. The second kappa shape index (κ2) is 12.4. The van der Waals surface area contributed by atoms with Gasteiger partial charge in [0.15, 0.2) is 0 Å². The molecule has 42 heavy (non-hydrogen) atoms. The Labute approximate surface area is 249 Å². The molecule has 0 saturated carbocycles. The highest BCUT2D eigenvalue weighted by Crippen LogP contribution is 2.33. The fourth-order valence-electron chi connectivity index (χ4n) is 4.60. The average molecular weight is 636 g/mol. The van der Waals surface area contributed by atoms with E-state index in [4.69, 9.17) is 11.6 Å².